The smallest absolute Gasteiger partial charge is 0.252 e. The molecule has 0 spiro atoms. The van der Waals surface area contributed by atoms with Gasteiger partial charge in [0.25, 0.3) is 10.0 Å². The van der Waals surface area contributed by atoms with Crippen molar-refractivity contribution in [3.8, 4) is 0 Å². The third kappa shape index (κ3) is 3.88. The monoisotopic (exact) mass is 428 g/mol. The Kier molecular flexibility index (Phi) is 5.39. The SMILES string of the molecule is O=C(Nc1ccc(Br)cc1)[C@H]1CCCN(S(=O)(=O)c2cccs2)C1. The molecule has 2 heterocycles. The Bertz CT molecular complexity index is 804. The van der Waals surface area contributed by atoms with E-state index in [1.165, 1.54) is 15.6 Å². The van der Waals surface area contributed by atoms with Crippen molar-refractivity contribution < 1.29 is 13.2 Å². The number of piperidine rings is 1. The number of benzene rings is 1. The van der Waals surface area contributed by atoms with Crippen LogP contribution in [0.25, 0.3) is 0 Å². The first kappa shape index (κ1) is 17.6. The summed E-state index contributed by atoms with van der Waals surface area (Å²) in [6.45, 7) is 0.685. The van der Waals surface area contributed by atoms with Crippen molar-refractivity contribution in [2.75, 3.05) is 18.4 Å². The van der Waals surface area contributed by atoms with Gasteiger partial charge in [0.15, 0.2) is 0 Å². The Morgan fingerprint density at radius 3 is 2.67 bits per heavy atom. The minimum atomic E-state index is -3.50. The van der Waals surface area contributed by atoms with Gasteiger partial charge in [-0.1, -0.05) is 22.0 Å². The van der Waals surface area contributed by atoms with Crippen LogP contribution in [-0.4, -0.2) is 31.7 Å². The van der Waals surface area contributed by atoms with Crippen LogP contribution < -0.4 is 5.32 Å². The van der Waals surface area contributed by atoms with E-state index in [2.05, 4.69) is 21.2 Å². The molecular formula is C16H17BrN2O3S2. The molecule has 5 nitrogen and oxygen atoms in total. The second-order valence-corrected chi connectivity index (χ2v) is 9.66. The zero-order valence-corrected chi connectivity index (χ0v) is 16.0. The van der Waals surface area contributed by atoms with Crippen molar-refractivity contribution in [3.63, 3.8) is 0 Å². The number of carbonyl (C=O) groups excluding carboxylic acids is 1. The first-order valence-corrected chi connectivity index (χ1v) is 10.7. The van der Waals surface area contributed by atoms with E-state index in [9.17, 15) is 13.2 Å². The molecule has 1 aromatic carbocycles. The predicted octanol–water partition coefficient (Wildman–Crippen LogP) is 3.55. The molecule has 1 saturated heterocycles. The molecule has 0 unspecified atom stereocenters. The number of carbonyl (C=O) groups is 1. The minimum absolute atomic E-state index is 0.136. The number of anilines is 1. The molecule has 3 rings (SSSR count). The average molecular weight is 429 g/mol. The van der Waals surface area contributed by atoms with Crippen molar-refractivity contribution in [3.05, 3.63) is 46.3 Å². The number of nitrogens with one attached hydrogen (secondary N) is 1. The van der Waals surface area contributed by atoms with E-state index in [0.717, 1.165) is 4.47 Å². The number of nitrogens with zero attached hydrogens (tertiary/aromatic N) is 1. The normalized spacial score (nSPS) is 19.1. The van der Waals surface area contributed by atoms with Gasteiger partial charge in [0, 0.05) is 23.2 Å². The minimum Gasteiger partial charge on any atom is -0.326 e. The van der Waals surface area contributed by atoms with Gasteiger partial charge in [-0.2, -0.15) is 4.31 Å². The molecular weight excluding hydrogens is 412 g/mol. The van der Waals surface area contributed by atoms with Crippen LogP contribution in [0.3, 0.4) is 0 Å². The van der Waals surface area contributed by atoms with Crippen LogP contribution in [0.2, 0.25) is 0 Å². The third-order valence-corrected chi connectivity index (χ3v) is 7.72. The zero-order chi connectivity index (χ0) is 17.2. The van der Waals surface area contributed by atoms with E-state index < -0.39 is 10.0 Å². The molecule has 8 heteroatoms. The van der Waals surface area contributed by atoms with Crippen LogP contribution >= 0.6 is 27.3 Å². The van der Waals surface area contributed by atoms with Crippen molar-refractivity contribution in [1.82, 2.24) is 4.31 Å². The molecule has 0 saturated carbocycles. The van der Waals surface area contributed by atoms with E-state index in [-0.39, 0.29) is 18.4 Å². The Morgan fingerprint density at radius 1 is 1.25 bits per heavy atom. The van der Waals surface area contributed by atoms with Crippen molar-refractivity contribution in [2.24, 2.45) is 5.92 Å². The second kappa shape index (κ2) is 7.35. The number of halogens is 1. The van der Waals surface area contributed by atoms with Crippen molar-refractivity contribution in [2.45, 2.75) is 17.1 Å². The zero-order valence-electron chi connectivity index (χ0n) is 12.8. The van der Waals surface area contributed by atoms with E-state index in [1.807, 2.05) is 24.3 Å². The summed E-state index contributed by atoms with van der Waals surface area (Å²) in [7, 11) is -3.50. The Hall–Kier alpha value is -1.22. The maximum Gasteiger partial charge on any atom is 0.252 e. The number of thiophene rings is 1. The van der Waals surface area contributed by atoms with E-state index in [1.54, 1.807) is 17.5 Å². The van der Waals surface area contributed by atoms with Crippen LogP contribution in [0, 0.1) is 5.92 Å². The summed E-state index contributed by atoms with van der Waals surface area (Å²) >= 11 is 4.55. The van der Waals surface area contributed by atoms with Gasteiger partial charge in [0.05, 0.1) is 5.92 Å². The van der Waals surface area contributed by atoms with Gasteiger partial charge in [-0.25, -0.2) is 8.42 Å². The quantitative estimate of drug-likeness (QED) is 0.809. The van der Waals surface area contributed by atoms with Gasteiger partial charge in [-0.05, 0) is 48.6 Å². The van der Waals surface area contributed by atoms with Crippen LogP contribution in [0.1, 0.15) is 12.8 Å². The Morgan fingerprint density at radius 2 is 2.00 bits per heavy atom. The lowest BCUT2D eigenvalue weighted by molar-refractivity contribution is -0.120. The lowest BCUT2D eigenvalue weighted by Crippen LogP contribution is -2.43. The van der Waals surface area contributed by atoms with Crippen LogP contribution in [0.5, 0.6) is 0 Å². The fraction of sp³-hybridized carbons (Fsp3) is 0.312. The maximum atomic E-state index is 12.6. The molecule has 1 amide bonds. The first-order valence-electron chi connectivity index (χ1n) is 7.57. The number of hydrogen-bond donors (Lipinski definition) is 1. The molecule has 1 atom stereocenters. The molecule has 0 aliphatic carbocycles. The van der Waals surface area contributed by atoms with Gasteiger partial charge >= 0.3 is 0 Å². The topological polar surface area (TPSA) is 66.5 Å². The summed E-state index contributed by atoms with van der Waals surface area (Å²) in [5, 5.41) is 4.61. The van der Waals surface area contributed by atoms with Crippen molar-refractivity contribution in [1.29, 1.82) is 0 Å². The van der Waals surface area contributed by atoms with Crippen LogP contribution in [-0.2, 0) is 14.8 Å². The maximum absolute atomic E-state index is 12.6. The highest BCUT2D eigenvalue weighted by Crippen LogP contribution is 2.27. The highest BCUT2D eigenvalue weighted by molar-refractivity contribution is 9.10. The van der Waals surface area contributed by atoms with E-state index in [4.69, 9.17) is 0 Å². The van der Waals surface area contributed by atoms with E-state index in [0.29, 0.717) is 29.3 Å². The van der Waals surface area contributed by atoms with E-state index >= 15 is 0 Å². The summed E-state index contributed by atoms with van der Waals surface area (Å²) in [4.78, 5) is 12.5. The fourth-order valence-electron chi connectivity index (χ4n) is 2.69. The predicted molar refractivity (Wildman–Crippen MR) is 98.6 cm³/mol. The molecule has 0 bridgehead atoms. The summed E-state index contributed by atoms with van der Waals surface area (Å²) in [6.07, 6.45) is 1.38. The summed E-state index contributed by atoms with van der Waals surface area (Å²) in [6, 6.07) is 10.6. The molecule has 128 valence electrons. The summed E-state index contributed by atoms with van der Waals surface area (Å²) in [5.74, 6) is -0.472. The highest BCUT2D eigenvalue weighted by Gasteiger charge is 2.33. The van der Waals surface area contributed by atoms with Gasteiger partial charge in [0.1, 0.15) is 4.21 Å². The summed E-state index contributed by atoms with van der Waals surface area (Å²) in [5.41, 5.74) is 0.710. The van der Waals surface area contributed by atoms with Gasteiger partial charge < -0.3 is 5.32 Å². The van der Waals surface area contributed by atoms with Crippen LogP contribution in [0.4, 0.5) is 5.69 Å². The number of rotatable bonds is 4. The third-order valence-electron chi connectivity index (χ3n) is 3.96. The summed E-state index contributed by atoms with van der Waals surface area (Å²) < 4.78 is 27.9. The van der Waals surface area contributed by atoms with Gasteiger partial charge in [0.2, 0.25) is 5.91 Å². The van der Waals surface area contributed by atoms with Crippen molar-refractivity contribution >= 4 is 48.9 Å². The molecule has 1 aliphatic heterocycles. The number of amides is 1. The standard InChI is InChI=1S/C16H17BrN2O3S2/c17-13-5-7-14(8-6-13)18-16(20)12-3-1-9-19(11-12)24(21,22)15-4-2-10-23-15/h2,4-8,10,12H,1,3,9,11H2,(H,18,20)/t12-/m0/s1. The Balaban J connectivity index is 1.69. The fourth-order valence-corrected chi connectivity index (χ4v) is 5.62. The molecule has 1 aliphatic rings. The highest BCUT2D eigenvalue weighted by atomic mass is 79.9. The molecule has 2 aromatic rings. The number of sulfonamides is 1. The second-order valence-electron chi connectivity index (χ2n) is 5.63. The molecule has 1 aromatic heterocycles. The van der Waals surface area contributed by atoms with Gasteiger partial charge in [-0.3, -0.25) is 4.79 Å². The molecule has 1 N–H and O–H groups in total. The van der Waals surface area contributed by atoms with Gasteiger partial charge in [-0.15, -0.1) is 11.3 Å². The largest absolute Gasteiger partial charge is 0.326 e. The lowest BCUT2D eigenvalue weighted by Gasteiger charge is -2.30. The molecule has 0 radical (unpaired) electrons. The molecule has 1 fully saturated rings. The average Bonchev–Trinajstić information content (AvgIpc) is 3.12. The number of hydrogen-bond acceptors (Lipinski definition) is 4. The first-order chi connectivity index (χ1) is 11.5. The van der Waals surface area contributed by atoms with Crippen LogP contribution in [0.15, 0.2) is 50.5 Å². The molecule has 24 heavy (non-hydrogen) atoms. The lowest BCUT2D eigenvalue weighted by atomic mass is 9.99. The Labute approximate surface area is 153 Å².